The van der Waals surface area contributed by atoms with Gasteiger partial charge < -0.3 is 9.47 Å². The van der Waals surface area contributed by atoms with Crippen molar-refractivity contribution in [2.75, 3.05) is 0 Å². The molecule has 0 amide bonds. The minimum Gasteiger partial charge on any atom is -0.451 e. The number of rotatable bonds is 6. The summed E-state index contributed by atoms with van der Waals surface area (Å²) >= 11 is 0. The molecule has 1 aliphatic carbocycles. The molecule has 0 saturated heterocycles. The van der Waals surface area contributed by atoms with Crippen molar-refractivity contribution in [2.24, 2.45) is 0 Å². The number of carbonyl (C=O) groups is 2. The molecule has 0 aromatic heterocycles. The lowest BCUT2D eigenvalue weighted by molar-refractivity contribution is -0.274. The highest BCUT2D eigenvalue weighted by molar-refractivity contribution is 7.89. The van der Waals surface area contributed by atoms with Crippen LogP contribution in [0.15, 0.2) is 95.2 Å². The molecule has 0 saturated carbocycles. The molecule has 34 heavy (non-hydrogen) atoms. The maximum atomic E-state index is 13.1. The number of allylic oxidation sites excluding steroid dienone is 2. The predicted molar refractivity (Wildman–Crippen MR) is 113 cm³/mol. The van der Waals surface area contributed by atoms with Gasteiger partial charge in [0.1, 0.15) is 17.2 Å². The van der Waals surface area contributed by atoms with Crippen molar-refractivity contribution in [3.8, 4) is 11.5 Å². The number of ketones is 2. The van der Waals surface area contributed by atoms with Crippen LogP contribution in [-0.4, -0.2) is 26.3 Å². The molecule has 4 rings (SSSR count). The number of hydrogen-bond acceptors (Lipinski definition) is 6. The molecule has 0 fully saturated rings. The fraction of sp³-hybridized carbons (Fsp3) is 0.0435. The summed E-state index contributed by atoms with van der Waals surface area (Å²) in [5.41, 5.74) is -0.662. The highest BCUT2D eigenvalue weighted by Gasteiger charge is 2.36. The second-order valence-corrected chi connectivity index (χ2v) is 8.63. The van der Waals surface area contributed by atoms with Crippen LogP contribution in [-0.2, 0) is 10.0 Å². The molecule has 174 valence electrons. The summed E-state index contributed by atoms with van der Waals surface area (Å²) in [6.07, 6.45) is -4.90. The summed E-state index contributed by atoms with van der Waals surface area (Å²) in [4.78, 5) is 26.1. The van der Waals surface area contributed by atoms with Gasteiger partial charge in [0.25, 0.3) is 10.0 Å². The number of sulfonamides is 1. The van der Waals surface area contributed by atoms with Crippen LogP contribution in [0.1, 0.15) is 20.7 Å². The van der Waals surface area contributed by atoms with E-state index in [0.717, 1.165) is 24.3 Å². The SMILES string of the molecule is O=C1C(NS(=O)(=O)c2ccccc2)=C(Oc2ccc(OC(F)(F)F)cc2)C(=O)c2ccccc21. The van der Waals surface area contributed by atoms with Crippen LogP contribution in [0.4, 0.5) is 13.2 Å². The largest absolute Gasteiger partial charge is 0.573 e. The van der Waals surface area contributed by atoms with E-state index < -0.39 is 45.2 Å². The Labute approximate surface area is 191 Å². The van der Waals surface area contributed by atoms with Crippen LogP contribution >= 0.6 is 0 Å². The molecule has 0 bridgehead atoms. The molecule has 1 N–H and O–H groups in total. The van der Waals surface area contributed by atoms with Gasteiger partial charge in [0.05, 0.1) is 4.90 Å². The van der Waals surface area contributed by atoms with Crippen molar-refractivity contribution in [1.82, 2.24) is 4.72 Å². The number of carbonyl (C=O) groups excluding carboxylic acids is 2. The average molecular weight is 489 g/mol. The summed E-state index contributed by atoms with van der Waals surface area (Å²) in [6.45, 7) is 0. The Hall–Kier alpha value is -4.12. The second-order valence-electron chi connectivity index (χ2n) is 6.95. The van der Waals surface area contributed by atoms with Gasteiger partial charge in [-0.2, -0.15) is 0 Å². The minimum atomic E-state index is -4.90. The van der Waals surface area contributed by atoms with Crippen LogP contribution in [0, 0.1) is 0 Å². The predicted octanol–water partition coefficient (Wildman–Crippen LogP) is 4.23. The normalized spacial score (nSPS) is 14.0. The van der Waals surface area contributed by atoms with Crippen LogP contribution in [0.25, 0.3) is 0 Å². The number of nitrogens with one attached hydrogen (secondary N) is 1. The van der Waals surface area contributed by atoms with Crippen molar-refractivity contribution in [3.63, 3.8) is 0 Å². The molecule has 0 spiro atoms. The first-order valence-corrected chi connectivity index (χ1v) is 11.1. The fourth-order valence-electron chi connectivity index (χ4n) is 3.16. The van der Waals surface area contributed by atoms with E-state index in [1.807, 2.05) is 0 Å². The third kappa shape index (κ3) is 4.79. The molecule has 3 aromatic rings. The maximum absolute atomic E-state index is 13.1. The van der Waals surface area contributed by atoms with Crippen molar-refractivity contribution < 1.29 is 40.7 Å². The minimum absolute atomic E-state index is 0.0119. The Morgan fingerprint density at radius 1 is 0.706 bits per heavy atom. The topological polar surface area (TPSA) is 98.8 Å². The first-order valence-electron chi connectivity index (χ1n) is 9.59. The molecule has 0 atom stereocenters. The van der Waals surface area contributed by atoms with E-state index in [1.54, 1.807) is 6.07 Å². The van der Waals surface area contributed by atoms with Crippen LogP contribution < -0.4 is 14.2 Å². The Morgan fingerprint density at radius 2 is 1.24 bits per heavy atom. The van der Waals surface area contributed by atoms with Gasteiger partial charge in [0.2, 0.25) is 17.3 Å². The first kappa shape index (κ1) is 23.1. The number of Topliss-reactive ketones (excluding diaryl/α,β-unsaturated/α-hetero) is 2. The molecular weight excluding hydrogens is 475 g/mol. The summed E-state index contributed by atoms with van der Waals surface area (Å²) in [5.74, 6) is -2.86. The molecule has 0 unspecified atom stereocenters. The van der Waals surface area contributed by atoms with Crippen LogP contribution in [0.3, 0.4) is 0 Å². The van der Waals surface area contributed by atoms with E-state index in [-0.39, 0.29) is 21.8 Å². The third-order valence-electron chi connectivity index (χ3n) is 4.64. The zero-order valence-electron chi connectivity index (χ0n) is 17.0. The van der Waals surface area contributed by atoms with E-state index in [1.165, 1.54) is 48.5 Å². The molecule has 0 aliphatic heterocycles. The van der Waals surface area contributed by atoms with Gasteiger partial charge in [-0.1, -0.05) is 42.5 Å². The number of alkyl halides is 3. The zero-order valence-corrected chi connectivity index (χ0v) is 17.8. The number of fused-ring (bicyclic) bond motifs is 1. The smallest absolute Gasteiger partial charge is 0.451 e. The monoisotopic (exact) mass is 489 g/mol. The van der Waals surface area contributed by atoms with E-state index in [4.69, 9.17) is 4.74 Å². The van der Waals surface area contributed by atoms with Crippen LogP contribution in [0.2, 0.25) is 0 Å². The zero-order chi connectivity index (χ0) is 24.5. The number of ether oxygens (including phenoxy) is 2. The quantitative estimate of drug-likeness (QED) is 0.557. The van der Waals surface area contributed by atoms with Crippen molar-refractivity contribution in [2.45, 2.75) is 11.3 Å². The van der Waals surface area contributed by atoms with Gasteiger partial charge in [0, 0.05) is 11.1 Å². The summed E-state index contributed by atoms with van der Waals surface area (Å²) in [6, 6.07) is 17.0. The van der Waals surface area contributed by atoms with Gasteiger partial charge in [-0.25, -0.2) is 8.42 Å². The third-order valence-corrected chi connectivity index (χ3v) is 6.01. The van der Waals surface area contributed by atoms with Gasteiger partial charge in [-0.05, 0) is 36.4 Å². The lowest BCUT2D eigenvalue weighted by Gasteiger charge is -2.22. The molecule has 0 heterocycles. The molecule has 3 aromatic carbocycles. The summed E-state index contributed by atoms with van der Waals surface area (Å²) in [5, 5.41) is 0. The highest BCUT2D eigenvalue weighted by Crippen LogP contribution is 2.30. The lowest BCUT2D eigenvalue weighted by atomic mass is 9.91. The van der Waals surface area contributed by atoms with Crippen LogP contribution in [0.5, 0.6) is 11.5 Å². The van der Waals surface area contributed by atoms with E-state index >= 15 is 0 Å². The first-order chi connectivity index (χ1) is 16.0. The Kier molecular flexibility index (Phi) is 5.88. The number of hydrogen-bond donors (Lipinski definition) is 1. The summed E-state index contributed by atoms with van der Waals surface area (Å²) < 4.78 is 74.3. The number of benzene rings is 3. The molecule has 11 heteroatoms. The van der Waals surface area contributed by atoms with E-state index in [2.05, 4.69) is 9.46 Å². The maximum Gasteiger partial charge on any atom is 0.573 e. The average Bonchev–Trinajstić information content (AvgIpc) is 2.80. The molecule has 0 radical (unpaired) electrons. The Bertz CT molecular complexity index is 1400. The molecular formula is C23H14F3NO6S. The second kappa shape index (κ2) is 8.67. The van der Waals surface area contributed by atoms with Crippen molar-refractivity contribution in [3.05, 3.63) is 101 Å². The van der Waals surface area contributed by atoms with E-state index in [0.29, 0.717) is 0 Å². The fourth-order valence-corrected chi connectivity index (χ4v) is 4.25. The Balaban J connectivity index is 1.75. The number of halogens is 3. The molecule has 1 aliphatic rings. The van der Waals surface area contributed by atoms with Gasteiger partial charge >= 0.3 is 6.36 Å². The van der Waals surface area contributed by atoms with E-state index in [9.17, 15) is 31.2 Å². The standard InChI is InChI=1S/C23H14F3NO6S/c24-23(25,26)33-15-12-10-14(11-13-15)32-22-19(27-34(30,31)16-6-2-1-3-7-16)20(28)17-8-4-5-9-18(17)21(22)29/h1-13,27H. The molecule has 7 nitrogen and oxygen atoms in total. The lowest BCUT2D eigenvalue weighted by Crippen LogP contribution is -2.35. The van der Waals surface area contributed by atoms with Crippen molar-refractivity contribution >= 4 is 21.6 Å². The van der Waals surface area contributed by atoms with Gasteiger partial charge in [0.15, 0.2) is 0 Å². The summed E-state index contributed by atoms with van der Waals surface area (Å²) in [7, 11) is -4.28. The van der Waals surface area contributed by atoms with Crippen molar-refractivity contribution in [1.29, 1.82) is 0 Å². The van der Waals surface area contributed by atoms with Gasteiger partial charge in [-0.15, -0.1) is 13.2 Å². The highest BCUT2D eigenvalue weighted by atomic mass is 32.2. The van der Waals surface area contributed by atoms with Gasteiger partial charge in [-0.3, -0.25) is 14.3 Å². The Morgan fingerprint density at radius 3 is 1.82 bits per heavy atom.